The Balaban J connectivity index is 1.72. The summed E-state index contributed by atoms with van der Waals surface area (Å²) in [7, 11) is 0. The summed E-state index contributed by atoms with van der Waals surface area (Å²) in [5.74, 6) is -5.31. The SMILES string of the molecule is O=C(Nc1ccc(-n2cncn2)cc1)C(F)(F)C1(O)CCC1. The smallest absolute Gasteiger partial charge is 0.352 e. The first kappa shape index (κ1) is 14.6. The molecule has 8 heteroatoms. The van der Waals surface area contributed by atoms with E-state index in [4.69, 9.17) is 0 Å². The van der Waals surface area contributed by atoms with Crippen LogP contribution in [0.1, 0.15) is 19.3 Å². The molecule has 1 aromatic carbocycles. The summed E-state index contributed by atoms with van der Waals surface area (Å²) in [5.41, 5.74) is -1.33. The van der Waals surface area contributed by atoms with Gasteiger partial charge < -0.3 is 10.4 Å². The zero-order valence-electron chi connectivity index (χ0n) is 11.5. The normalized spacial score (nSPS) is 16.9. The van der Waals surface area contributed by atoms with E-state index in [-0.39, 0.29) is 18.5 Å². The van der Waals surface area contributed by atoms with Gasteiger partial charge in [-0.05, 0) is 43.5 Å². The molecule has 22 heavy (non-hydrogen) atoms. The lowest BCUT2D eigenvalue weighted by atomic mass is 9.75. The van der Waals surface area contributed by atoms with E-state index in [9.17, 15) is 18.7 Å². The number of alkyl halides is 2. The number of nitrogens with zero attached hydrogens (tertiary/aromatic N) is 3. The van der Waals surface area contributed by atoms with E-state index < -0.39 is 17.4 Å². The van der Waals surface area contributed by atoms with Gasteiger partial charge >= 0.3 is 5.92 Å². The van der Waals surface area contributed by atoms with E-state index in [1.165, 1.54) is 29.5 Å². The molecule has 1 heterocycles. The van der Waals surface area contributed by atoms with E-state index in [0.717, 1.165) is 0 Å². The summed E-state index contributed by atoms with van der Waals surface area (Å²) in [6.07, 6.45) is 3.21. The highest BCUT2D eigenvalue weighted by Gasteiger charge is 2.61. The Labute approximate surface area is 124 Å². The van der Waals surface area contributed by atoms with E-state index in [0.29, 0.717) is 12.1 Å². The molecule has 2 aromatic rings. The number of carbonyl (C=O) groups excluding carboxylic acids is 1. The minimum atomic E-state index is -3.81. The van der Waals surface area contributed by atoms with Crippen LogP contribution in [0.25, 0.3) is 5.69 Å². The summed E-state index contributed by atoms with van der Waals surface area (Å²) >= 11 is 0. The van der Waals surface area contributed by atoms with Gasteiger partial charge in [0.1, 0.15) is 18.3 Å². The monoisotopic (exact) mass is 308 g/mol. The average Bonchev–Trinajstić information content (AvgIpc) is 2.99. The van der Waals surface area contributed by atoms with Crippen molar-refractivity contribution in [1.29, 1.82) is 0 Å². The van der Waals surface area contributed by atoms with Crippen molar-refractivity contribution in [3.05, 3.63) is 36.9 Å². The second kappa shape index (κ2) is 5.13. The van der Waals surface area contributed by atoms with Gasteiger partial charge in [0.2, 0.25) is 0 Å². The largest absolute Gasteiger partial charge is 0.383 e. The highest BCUT2D eigenvalue weighted by Crippen LogP contribution is 2.44. The van der Waals surface area contributed by atoms with Gasteiger partial charge in [0, 0.05) is 5.69 Å². The molecule has 1 amide bonds. The molecule has 0 saturated heterocycles. The molecule has 6 nitrogen and oxygen atoms in total. The number of nitrogens with one attached hydrogen (secondary N) is 1. The second-order valence-corrected chi connectivity index (χ2v) is 5.30. The number of anilines is 1. The Bertz CT molecular complexity index is 667. The van der Waals surface area contributed by atoms with Crippen LogP contribution < -0.4 is 5.32 Å². The van der Waals surface area contributed by atoms with E-state index in [1.54, 1.807) is 12.1 Å². The van der Waals surface area contributed by atoms with Gasteiger partial charge in [0.05, 0.1) is 5.69 Å². The number of rotatable bonds is 4. The zero-order valence-corrected chi connectivity index (χ0v) is 11.5. The van der Waals surface area contributed by atoms with Gasteiger partial charge in [-0.25, -0.2) is 9.67 Å². The fraction of sp³-hybridized carbons (Fsp3) is 0.357. The summed E-state index contributed by atoms with van der Waals surface area (Å²) < 4.78 is 29.4. The maximum absolute atomic E-state index is 14.0. The highest BCUT2D eigenvalue weighted by atomic mass is 19.3. The van der Waals surface area contributed by atoms with Crippen LogP contribution in [0.5, 0.6) is 0 Å². The molecule has 2 N–H and O–H groups in total. The third-order valence-electron chi connectivity index (χ3n) is 3.86. The van der Waals surface area contributed by atoms with Crippen molar-refractivity contribution in [2.45, 2.75) is 30.8 Å². The second-order valence-electron chi connectivity index (χ2n) is 5.30. The van der Waals surface area contributed by atoms with Crippen LogP contribution in [0.3, 0.4) is 0 Å². The van der Waals surface area contributed by atoms with Crippen molar-refractivity contribution in [3.8, 4) is 5.69 Å². The molecular formula is C14H14F2N4O2. The summed E-state index contributed by atoms with van der Waals surface area (Å²) in [4.78, 5) is 15.5. The first-order valence-electron chi connectivity index (χ1n) is 6.79. The lowest BCUT2D eigenvalue weighted by molar-refractivity contribution is -0.212. The number of amides is 1. The molecule has 0 spiro atoms. The number of aromatic nitrogens is 3. The first-order valence-corrected chi connectivity index (χ1v) is 6.79. The van der Waals surface area contributed by atoms with Gasteiger partial charge in [0.15, 0.2) is 0 Å². The van der Waals surface area contributed by atoms with Gasteiger partial charge in [-0.2, -0.15) is 13.9 Å². The quantitative estimate of drug-likeness (QED) is 0.902. The minimum absolute atomic E-state index is 0.0708. The molecule has 0 atom stereocenters. The van der Waals surface area contributed by atoms with Gasteiger partial charge in [-0.3, -0.25) is 4.79 Å². The number of halogens is 2. The number of hydrogen-bond donors (Lipinski definition) is 2. The van der Waals surface area contributed by atoms with Crippen LogP contribution in [-0.2, 0) is 4.79 Å². The Morgan fingerprint density at radius 1 is 1.32 bits per heavy atom. The van der Waals surface area contributed by atoms with Gasteiger partial charge in [0.25, 0.3) is 5.91 Å². The molecule has 1 aromatic heterocycles. The number of hydrogen-bond acceptors (Lipinski definition) is 4. The van der Waals surface area contributed by atoms with Crippen molar-refractivity contribution >= 4 is 11.6 Å². The first-order chi connectivity index (χ1) is 10.4. The topological polar surface area (TPSA) is 80.0 Å². The Morgan fingerprint density at radius 3 is 2.50 bits per heavy atom. The molecule has 1 aliphatic rings. The Hall–Kier alpha value is -2.35. The molecule has 0 unspecified atom stereocenters. The maximum Gasteiger partial charge on any atom is 0.352 e. The fourth-order valence-electron chi connectivity index (χ4n) is 2.29. The van der Waals surface area contributed by atoms with E-state index in [2.05, 4.69) is 15.4 Å². The van der Waals surface area contributed by atoms with Crippen LogP contribution in [-0.4, -0.2) is 37.3 Å². The molecule has 3 rings (SSSR count). The number of benzene rings is 1. The molecule has 0 radical (unpaired) electrons. The van der Waals surface area contributed by atoms with E-state index >= 15 is 0 Å². The minimum Gasteiger partial charge on any atom is -0.383 e. The summed E-state index contributed by atoms with van der Waals surface area (Å²) in [6, 6.07) is 6.19. The van der Waals surface area contributed by atoms with Crippen molar-refractivity contribution in [3.63, 3.8) is 0 Å². The maximum atomic E-state index is 14.0. The summed E-state index contributed by atoms with van der Waals surface area (Å²) in [5, 5.41) is 15.8. The fourth-order valence-corrected chi connectivity index (χ4v) is 2.29. The van der Waals surface area contributed by atoms with Crippen molar-refractivity contribution in [1.82, 2.24) is 14.8 Å². The van der Waals surface area contributed by atoms with Crippen LogP contribution in [0.15, 0.2) is 36.9 Å². The third-order valence-corrected chi connectivity index (χ3v) is 3.86. The number of aliphatic hydroxyl groups is 1. The lowest BCUT2D eigenvalue weighted by Crippen LogP contribution is -2.59. The predicted molar refractivity (Wildman–Crippen MR) is 73.7 cm³/mol. The average molecular weight is 308 g/mol. The zero-order chi connectivity index (χ0) is 15.8. The third kappa shape index (κ3) is 2.35. The molecular weight excluding hydrogens is 294 g/mol. The van der Waals surface area contributed by atoms with Crippen molar-refractivity contribution in [2.75, 3.05) is 5.32 Å². The van der Waals surface area contributed by atoms with E-state index in [1.807, 2.05) is 0 Å². The molecule has 116 valence electrons. The van der Waals surface area contributed by atoms with Gasteiger partial charge in [-0.15, -0.1) is 0 Å². The van der Waals surface area contributed by atoms with Crippen molar-refractivity contribution < 1.29 is 18.7 Å². The van der Waals surface area contributed by atoms with Gasteiger partial charge in [-0.1, -0.05) is 0 Å². The van der Waals surface area contributed by atoms with Crippen LogP contribution in [0.2, 0.25) is 0 Å². The Morgan fingerprint density at radius 2 is 2.00 bits per heavy atom. The summed E-state index contributed by atoms with van der Waals surface area (Å²) in [6.45, 7) is 0. The molecule has 0 aliphatic heterocycles. The molecule has 1 fully saturated rings. The number of carbonyl (C=O) groups is 1. The standard InChI is InChI=1S/C14H14F2N4O2/c15-14(16,13(22)6-1-7-13)12(21)19-10-2-4-11(5-3-10)20-9-17-8-18-20/h2-5,8-9,22H,1,6-7H2,(H,19,21). The highest BCUT2D eigenvalue weighted by molar-refractivity contribution is 5.97. The van der Waals surface area contributed by atoms with Crippen LogP contribution in [0, 0.1) is 0 Å². The molecule has 1 saturated carbocycles. The lowest BCUT2D eigenvalue weighted by Gasteiger charge is -2.41. The molecule has 1 aliphatic carbocycles. The van der Waals surface area contributed by atoms with Crippen LogP contribution >= 0.6 is 0 Å². The van der Waals surface area contributed by atoms with Crippen molar-refractivity contribution in [2.24, 2.45) is 0 Å². The van der Waals surface area contributed by atoms with Crippen LogP contribution in [0.4, 0.5) is 14.5 Å². The Kier molecular flexibility index (Phi) is 3.40. The molecule has 0 bridgehead atoms. The predicted octanol–water partition coefficient (Wildman–Crippen LogP) is 1.76.